The lowest BCUT2D eigenvalue weighted by molar-refractivity contribution is 0.148. The first-order valence-corrected chi connectivity index (χ1v) is 11.2. The smallest absolute Gasteiger partial charge is 0.0854 e. The minimum Gasteiger partial charge on any atom is -0.361 e. The van der Waals surface area contributed by atoms with Gasteiger partial charge in [0, 0.05) is 44.4 Å². The van der Waals surface area contributed by atoms with Crippen LogP contribution in [-0.2, 0) is 6.54 Å². The molecule has 2 N–H and O–H groups in total. The number of nitrogens with one attached hydrogen (secondary N) is 2. The molecule has 0 spiro atoms. The van der Waals surface area contributed by atoms with Crippen LogP contribution >= 0.6 is 0 Å². The molecule has 1 saturated heterocycles. The Morgan fingerprint density at radius 2 is 1.62 bits per heavy atom. The predicted octanol–water partition coefficient (Wildman–Crippen LogP) is 4.98. The van der Waals surface area contributed by atoms with Gasteiger partial charge in [-0.1, -0.05) is 48.6 Å². The number of aromatic nitrogens is 3. The Bertz CT molecular complexity index is 1220. The highest BCUT2D eigenvalue weighted by molar-refractivity contribution is 5.83. The summed E-state index contributed by atoms with van der Waals surface area (Å²) in [5, 5.41) is 8.73. The van der Waals surface area contributed by atoms with Gasteiger partial charge in [-0.3, -0.25) is 10.00 Å². The first kappa shape index (κ1) is 20.5. The van der Waals surface area contributed by atoms with Crippen molar-refractivity contribution in [3.63, 3.8) is 0 Å². The summed E-state index contributed by atoms with van der Waals surface area (Å²) in [6.45, 7) is 5.64. The molecule has 0 bridgehead atoms. The average molecular weight is 424 g/mol. The van der Waals surface area contributed by atoms with Crippen LogP contribution in [0.2, 0.25) is 0 Å². The van der Waals surface area contributed by atoms with Crippen molar-refractivity contribution in [3.05, 3.63) is 88.9 Å². The molecule has 3 heterocycles. The van der Waals surface area contributed by atoms with Crippen molar-refractivity contribution in [3.8, 4) is 0 Å². The molecular weight excluding hydrogens is 394 g/mol. The summed E-state index contributed by atoms with van der Waals surface area (Å²) in [5.74, 6) is 0. The van der Waals surface area contributed by atoms with E-state index in [1.54, 1.807) is 0 Å². The zero-order valence-electron chi connectivity index (χ0n) is 18.5. The maximum absolute atomic E-state index is 4.41. The highest BCUT2D eigenvalue weighted by Crippen LogP contribution is 2.17. The predicted molar refractivity (Wildman–Crippen MR) is 134 cm³/mol. The van der Waals surface area contributed by atoms with Crippen molar-refractivity contribution >= 4 is 35.2 Å². The monoisotopic (exact) mass is 423 g/mol. The van der Waals surface area contributed by atoms with E-state index in [1.807, 2.05) is 12.3 Å². The number of likely N-dealkylation sites (N-methyl/N-ethyl adjacent to an activating group) is 1. The maximum Gasteiger partial charge on any atom is 0.0854 e. The Labute approximate surface area is 189 Å². The van der Waals surface area contributed by atoms with E-state index >= 15 is 0 Å². The number of aromatic amines is 2. The number of hydrogen-bond donors (Lipinski definition) is 2. The molecule has 0 aliphatic carbocycles. The highest BCUT2D eigenvalue weighted by atomic mass is 15.2. The third-order valence-electron chi connectivity index (χ3n) is 6.08. The summed E-state index contributed by atoms with van der Waals surface area (Å²) in [5.41, 5.74) is 6.77. The second kappa shape index (κ2) is 9.39. The molecule has 5 rings (SSSR count). The number of H-pyrrole nitrogens is 2. The first-order chi connectivity index (χ1) is 15.7. The zero-order valence-corrected chi connectivity index (χ0v) is 18.5. The molecule has 1 fully saturated rings. The molecule has 2 aromatic heterocycles. The molecule has 2 aromatic carbocycles. The van der Waals surface area contributed by atoms with Crippen LogP contribution in [0, 0.1) is 0 Å². The molecule has 4 aromatic rings. The van der Waals surface area contributed by atoms with E-state index in [1.165, 1.54) is 16.5 Å². The summed E-state index contributed by atoms with van der Waals surface area (Å²) in [7, 11) is 2.20. The molecular formula is C27H29N5. The van der Waals surface area contributed by atoms with Crippen LogP contribution in [0.25, 0.3) is 35.2 Å². The number of fused-ring (bicyclic) bond motifs is 1. The summed E-state index contributed by atoms with van der Waals surface area (Å²) in [4.78, 5) is 8.17. The van der Waals surface area contributed by atoms with Gasteiger partial charge in [0.15, 0.2) is 0 Å². The fourth-order valence-corrected chi connectivity index (χ4v) is 4.06. The van der Waals surface area contributed by atoms with E-state index in [0.717, 1.165) is 55.2 Å². The number of hydrogen-bond acceptors (Lipinski definition) is 3. The molecule has 162 valence electrons. The second-order valence-electron chi connectivity index (χ2n) is 8.56. The maximum atomic E-state index is 4.41. The number of piperazine rings is 1. The molecule has 0 atom stereocenters. The van der Waals surface area contributed by atoms with Crippen LogP contribution in [0.4, 0.5) is 0 Å². The van der Waals surface area contributed by atoms with Crippen LogP contribution in [0.15, 0.2) is 60.8 Å². The molecule has 5 heteroatoms. The molecule has 0 saturated carbocycles. The van der Waals surface area contributed by atoms with Crippen molar-refractivity contribution in [2.45, 2.75) is 6.54 Å². The second-order valence-corrected chi connectivity index (χ2v) is 8.56. The summed E-state index contributed by atoms with van der Waals surface area (Å²) in [6, 6.07) is 19.4. The van der Waals surface area contributed by atoms with Gasteiger partial charge in [-0.05, 0) is 59.5 Å². The lowest BCUT2D eigenvalue weighted by Gasteiger charge is -2.32. The third kappa shape index (κ3) is 5.07. The average Bonchev–Trinajstić information content (AvgIpc) is 3.48. The van der Waals surface area contributed by atoms with Crippen molar-refractivity contribution in [2.75, 3.05) is 33.2 Å². The van der Waals surface area contributed by atoms with Gasteiger partial charge in [0.25, 0.3) is 0 Å². The SMILES string of the molecule is CN1CCN(Cc2ccc(C=Cc3cc(C=Cc4ccc5cc[nH]c5c4)[nH]n3)cc2)CC1. The quantitative estimate of drug-likeness (QED) is 0.460. The Hall–Kier alpha value is -3.41. The fourth-order valence-electron chi connectivity index (χ4n) is 4.06. The van der Waals surface area contributed by atoms with Crippen molar-refractivity contribution in [1.82, 2.24) is 25.0 Å². The van der Waals surface area contributed by atoms with Gasteiger partial charge in [-0.15, -0.1) is 0 Å². The van der Waals surface area contributed by atoms with Gasteiger partial charge in [0.1, 0.15) is 0 Å². The number of nitrogens with zero attached hydrogens (tertiary/aromatic N) is 3. The van der Waals surface area contributed by atoms with E-state index in [0.29, 0.717) is 0 Å². The van der Waals surface area contributed by atoms with Gasteiger partial charge in [0.2, 0.25) is 0 Å². The number of rotatable bonds is 6. The van der Waals surface area contributed by atoms with E-state index < -0.39 is 0 Å². The largest absolute Gasteiger partial charge is 0.361 e. The molecule has 1 aliphatic rings. The molecule has 0 radical (unpaired) electrons. The van der Waals surface area contributed by atoms with Gasteiger partial charge < -0.3 is 9.88 Å². The standard InChI is InChI=1S/C27H29N5/c1-31-14-16-32(17-15-31)20-23-4-2-21(3-5-23)7-10-25-19-26(30-29-25)11-8-22-6-9-24-12-13-28-27(24)18-22/h2-13,18-19,28H,14-17,20H2,1H3,(H,29,30). The van der Waals surface area contributed by atoms with Crippen molar-refractivity contribution < 1.29 is 0 Å². The van der Waals surface area contributed by atoms with Crippen LogP contribution < -0.4 is 0 Å². The minimum atomic E-state index is 0.922. The topological polar surface area (TPSA) is 51.0 Å². The van der Waals surface area contributed by atoms with Gasteiger partial charge in [-0.25, -0.2) is 0 Å². The van der Waals surface area contributed by atoms with Gasteiger partial charge in [0.05, 0.1) is 11.4 Å². The minimum absolute atomic E-state index is 0.922. The van der Waals surface area contributed by atoms with Crippen LogP contribution in [-0.4, -0.2) is 58.2 Å². The van der Waals surface area contributed by atoms with E-state index in [2.05, 4.69) is 105 Å². The van der Waals surface area contributed by atoms with E-state index in [-0.39, 0.29) is 0 Å². The Morgan fingerprint density at radius 1 is 0.844 bits per heavy atom. The fraction of sp³-hybridized carbons (Fsp3) is 0.222. The summed E-state index contributed by atoms with van der Waals surface area (Å²) >= 11 is 0. The zero-order chi connectivity index (χ0) is 21.8. The van der Waals surface area contributed by atoms with E-state index in [9.17, 15) is 0 Å². The Kier molecular flexibility index (Phi) is 6.01. The van der Waals surface area contributed by atoms with Crippen molar-refractivity contribution in [2.24, 2.45) is 0 Å². The van der Waals surface area contributed by atoms with Crippen molar-refractivity contribution in [1.29, 1.82) is 0 Å². The molecule has 32 heavy (non-hydrogen) atoms. The molecule has 5 nitrogen and oxygen atoms in total. The highest BCUT2D eigenvalue weighted by Gasteiger charge is 2.13. The Morgan fingerprint density at radius 3 is 2.47 bits per heavy atom. The Balaban J connectivity index is 1.18. The normalized spacial score (nSPS) is 16.0. The van der Waals surface area contributed by atoms with E-state index in [4.69, 9.17) is 0 Å². The summed E-state index contributed by atoms with van der Waals surface area (Å²) < 4.78 is 0. The lowest BCUT2D eigenvalue weighted by atomic mass is 10.1. The third-order valence-corrected chi connectivity index (χ3v) is 6.08. The molecule has 0 amide bonds. The molecule has 0 unspecified atom stereocenters. The summed E-state index contributed by atoms with van der Waals surface area (Å²) in [6.07, 6.45) is 10.3. The van der Waals surface area contributed by atoms with Gasteiger partial charge in [-0.2, -0.15) is 5.10 Å². The van der Waals surface area contributed by atoms with Crippen LogP contribution in [0.5, 0.6) is 0 Å². The van der Waals surface area contributed by atoms with Gasteiger partial charge >= 0.3 is 0 Å². The lowest BCUT2D eigenvalue weighted by Crippen LogP contribution is -2.43. The van der Waals surface area contributed by atoms with Crippen LogP contribution in [0.3, 0.4) is 0 Å². The first-order valence-electron chi connectivity index (χ1n) is 11.2. The van der Waals surface area contributed by atoms with Crippen LogP contribution in [0.1, 0.15) is 28.1 Å². The molecule has 1 aliphatic heterocycles. The number of benzene rings is 2.